The Labute approximate surface area is 106 Å². The molecule has 1 rings (SSSR count). The van der Waals surface area contributed by atoms with Crippen molar-refractivity contribution in [3.63, 3.8) is 0 Å². The molecule has 0 aliphatic carbocycles. The molecule has 0 aliphatic rings. The molecular weight excluding hydrogens is 212 g/mol. The van der Waals surface area contributed by atoms with Gasteiger partial charge in [0.1, 0.15) is 0 Å². The van der Waals surface area contributed by atoms with E-state index >= 15 is 0 Å². The highest BCUT2D eigenvalue weighted by atomic mass is 16.5. The van der Waals surface area contributed by atoms with Crippen LogP contribution >= 0.6 is 0 Å². The predicted molar refractivity (Wildman–Crippen MR) is 74.1 cm³/mol. The van der Waals surface area contributed by atoms with Crippen LogP contribution in [0.5, 0.6) is 0 Å². The molecule has 0 saturated carbocycles. The van der Waals surface area contributed by atoms with Crippen LogP contribution in [0, 0.1) is 0 Å². The summed E-state index contributed by atoms with van der Waals surface area (Å²) in [6.07, 6.45) is 1.86. The number of aryl methyl sites for hydroxylation is 1. The molecule has 0 atom stereocenters. The van der Waals surface area contributed by atoms with E-state index in [4.69, 9.17) is 4.74 Å². The van der Waals surface area contributed by atoms with Gasteiger partial charge in [-0.15, -0.1) is 0 Å². The largest absolute Gasteiger partial charge is 0.466 e. The van der Waals surface area contributed by atoms with Gasteiger partial charge in [0.15, 0.2) is 0 Å². The molecule has 1 aromatic carbocycles. The van der Waals surface area contributed by atoms with E-state index in [-0.39, 0.29) is 5.97 Å². The highest BCUT2D eigenvalue weighted by molar-refractivity contribution is 5.65. The number of hydrogen-bond donors (Lipinski definition) is 0. The van der Waals surface area contributed by atoms with Gasteiger partial charge in [-0.2, -0.15) is 0 Å². The van der Waals surface area contributed by atoms with E-state index in [1.54, 1.807) is 0 Å². The molecular formula is C15H26O2. The second-order valence-corrected chi connectivity index (χ2v) is 2.93. The molecule has 1 aromatic rings. The smallest absolute Gasteiger partial charge is 0.302 e. The first kappa shape index (κ1) is 18.1. The van der Waals surface area contributed by atoms with Crippen molar-refractivity contribution in [2.24, 2.45) is 0 Å². The zero-order chi connectivity index (χ0) is 13.5. The lowest BCUT2D eigenvalue weighted by Crippen LogP contribution is -2.01. The molecule has 0 spiro atoms. The minimum absolute atomic E-state index is 0.201. The van der Waals surface area contributed by atoms with Gasteiger partial charge in [-0.3, -0.25) is 4.79 Å². The summed E-state index contributed by atoms with van der Waals surface area (Å²) >= 11 is 0. The van der Waals surface area contributed by atoms with Crippen LogP contribution in [0.4, 0.5) is 0 Å². The normalized spacial score (nSPS) is 8.06. The number of benzene rings is 1. The molecule has 0 aromatic heterocycles. The molecule has 0 fully saturated rings. The molecule has 0 N–H and O–H groups in total. The lowest BCUT2D eigenvalue weighted by atomic mass is 10.1. The van der Waals surface area contributed by atoms with Gasteiger partial charge in [0.05, 0.1) is 6.61 Å². The van der Waals surface area contributed by atoms with Gasteiger partial charge in [-0.25, -0.2) is 0 Å². The Morgan fingerprint density at radius 1 is 1.06 bits per heavy atom. The molecule has 2 heteroatoms. The minimum Gasteiger partial charge on any atom is -0.466 e. The third kappa shape index (κ3) is 12.6. The Kier molecular flexibility index (Phi) is 15.6. The molecule has 0 unspecified atom stereocenters. The average Bonchev–Trinajstić information content (AvgIpc) is 2.40. The van der Waals surface area contributed by atoms with E-state index in [0.29, 0.717) is 6.61 Å². The van der Waals surface area contributed by atoms with Crippen molar-refractivity contribution >= 4 is 5.97 Å². The number of ether oxygens (including phenoxy) is 1. The van der Waals surface area contributed by atoms with E-state index in [0.717, 1.165) is 12.8 Å². The van der Waals surface area contributed by atoms with Gasteiger partial charge in [0, 0.05) is 6.92 Å². The number of carbonyl (C=O) groups excluding carboxylic acids is 1. The summed E-state index contributed by atoms with van der Waals surface area (Å²) < 4.78 is 4.82. The van der Waals surface area contributed by atoms with Crippen molar-refractivity contribution in [2.75, 3.05) is 6.61 Å². The zero-order valence-electron chi connectivity index (χ0n) is 11.8. The zero-order valence-corrected chi connectivity index (χ0v) is 11.8. The topological polar surface area (TPSA) is 26.3 Å². The number of carbonyl (C=O) groups is 1. The number of hydrogen-bond acceptors (Lipinski definition) is 2. The summed E-state index contributed by atoms with van der Waals surface area (Å²) in [4.78, 5) is 10.4. The first-order valence-corrected chi connectivity index (χ1v) is 6.46. The van der Waals surface area contributed by atoms with Crippen molar-refractivity contribution in [3.05, 3.63) is 35.9 Å². The first-order chi connectivity index (χ1) is 8.29. The van der Waals surface area contributed by atoms with Crippen LogP contribution in [0.15, 0.2) is 30.3 Å². The fourth-order valence-electron chi connectivity index (χ4n) is 1.14. The van der Waals surface area contributed by atoms with Gasteiger partial charge >= 0.3 is 5.97 Å². The standard InChI is InChI=1S/C11H14O2.2C2H6/c1-10(12)13-9-5-8-11-6-3-2-4-7-11;2*1-2/h2-4,6-7H,5,8-9H2,1H3;2*1-2H3. The summed E-state index contributed by atoms with van der Waals surface area (Å²) in [5, 5.41) is 0. The quantitative estimate of drug-likeness (QED) is 0.579. The molecule has 0 heterocycles. The van der Waals surface area contributed by atoms with Gasteiger partial charge < -0.3 is 4.74 Å². The third-order valence-electron chi connectivity index (χ3n) is 1.76. The van der Waals surface area contributed by atoms with E-state index in [1.165, 1.54) is 12.5 Å². The van der Waals surface area contributed by atoms with Crippen molar-refractivity contribution in [3.8, 4) is 0 Å². The highest BCUT2D eigenvalue weighted by Gasteiger charge is 1.94. The lowest BCUT2D eigenvalue weighted by Gasteiger charge is -2.01. The van der Waals surface area contributed by atoms with E-state index in [1.807, 2.05) is 45.9 Å². The Morgan fingerprint density at radius 2 is 1.59 bits per heavy atom. The van der Waals surface area contributed by atoms with Crippen LogP contribution in [0.2, 0.25) is 0 Å². The van der Waals surface area contributed by atoms with Gasteiger partial charge in [-0.1, -0.05) is 58.0 Å². The Balaban J connectivity index is 0. The second-order valence-electron chi connectivity index (χ2n) is 2.93. The minimum atomic E-state index is -0.201. The lowest BCUT2D eigenvalue weighted by molar-refractivity contribution is -0.141. The predicted octanol–water partition coefficient (Wildman–Crippen LogP) is 4.23. The second kappa shape index (κ2) is 14.7. The Bertz CT molecular complexity index is 255. The van der Waals surface area contributed by atoms with Gasteiger partial charge in [-0.05, 0) is 18.4 Å². The maximum absolute atomic E-state index is 10.4. The van der Waals surface area contributed by atoms with E-state index < -0.39 is 0 Å². The SMILES string of the molecule is CC.CC.CC(=O)OCCCc1ccccc1. The first-order valence-electron chi connectivity index (χ1n) is 6.46. The van der Waals surface area contributed by atoms with Crippen LogP contribution in [0.3, 0.4) is 0 Å². The molecule has 0 saturated heterocycles. The summed E-state index contributed by atoms with van der Waals surface area (Å²) in [6, 6.07) is 10.2. The van der Waals surface area contributed by atoms with Gasteiger partial charge in [0.2, 0.25) is 0 Å². The Morgan fingerprint density at radius 3 is 2.06 bits per heavy atom. The van der Waals surface area contributed by atoms with Crippen molar-refractivity contribution in [2.45, 2.75) is 47.5 Å². The molecule has 2 nitrogen and oxygen atoms in total. The van der Waals surface area contributed by atoms with Crippen molar-refractivity contribution in [1.82, 2.24) is 0 Å². The van der Waals surface area contributed by atoms with Crippen LogP contribution in [-0.2, 0) is 16.0 Å². The van der Waals surface area contributed by atoms with E-state index in [2.05, 4.69) is 12.1 Å². The number of rotatable bonds is 4. The van der Waals surface area contributed by atoms with Crippen molar-refractivity contribution in [1.29, 1.82) is 0 Å². The summed E-state index contributed by atoms with van der Waals surface area (Å²) in [6.45, 7) is 9.95. The fourth-order valence-corrected chi connectivity index (χ4v) is 1.14. The summed E-state index contributed by atoms with van der Waals surface area (Å²) in [7, 11) is 0. The van der Waals surface area contributed by atoms with Crippen LogP contribution in [0.1, 0.15) is 46.6 Å². The molecule has 0 radical (unpaired) electrons. The average molecular weight is 238 g/mol. The molecule has 0 amide bonds. The van der Waals surface area contributed by atoms with Crippen LogP contribution < -0.4 is 0 Å². The summed E-state index contributed by atoms with van der Waals surface area (Å²) in [5.74, 6) is -0.201. The van der Waals surface area contributed by atoms with Crippen LogP contribution in [-0.4, -0.2) is 12.6 Å². The molecule has 0 bridgehead atoms. The van der Waals surface area contributed by atoms with Crippen molar-refractivity contribution < 1.29 is 9.53 Å². The fraction of sp³-hybridized carbons (Fsp3) is 0.533. The molecule has 17 heavy (non-hydrogen) atoms. The maximum atomic E-state index is 10.4. The third-order valence-corrected chi connectivity index (χ3v) is 1.76. The highest BCUT2D eigenvalue weighted by Crippen LogP contribution is 2.02. The number of esters is 1. The maximum Gasteiger partial charge on any atom is 0.302 e. The van der Waals surface area contributed by atoms with Crippen LogP contribution in [0.25, 0.3) is 0 Å². The van der Waals surface area contributed by atoms with E-state index in [9.17, 15) is 4.79 Å². The molecule has 0 aliphatic heterocycles. The Hall–Kier alpha value is -1.31. The monoisotopic (exact) mass is 238 g/mol. The molecule has 98 valence electrons. The van der Waals surface area contributed by atoms with Gasteiger partial charge in [0.25, 0.3) is 0 Å². The summed E-state index contributed by atoms with van der Waals surface area (Å²) in [5.41, 5.74) is 1.29.